The van der Waals surface area contributed by atoms with Crippen LogP contribution in [0.3, 0.4) is 0 Å². The van der Waals surface area contributed by atoms with Crippen LogP contribution in [0.1, 0.15) is 13.8 Å². The number of rotatable bonds is 6. The molecule has 0 heterocycles. The van der Waals surface area contributed by atoms with Crippen LogP contribution in [0, 0.1) is 5.41 Å². The van der Waals surface area contributed by atoms with Crippen LogP contribution in [0.4, 0.5) is 0 Å². The van der Waals surface area contributed by atoms with E-state index in [1.54, 1.807) is 0 Å². The van der Waals surface area contributed by atoms with E-state index in [2.05, 4.69) is 0 Å². The fourth-order valence-electron chi connectivity index (χ4n) is 0.570. The molecule has 0 radical (unpaired) electrons. The number of hydrogen-bond acceptors (Lipinski definition) is 4. The van der Waals surface area contributed by atoms with Crippen molar-refractivity contribution in [1.82, 2.24) is 0 Å². The number of aliphatic hydroxyl groups is 3. The summed E-state index contributed by atoms with van der Waals surface area (Å²) in [4.78, 5) is 0. The number of hydrogen-bond donors (Lipinski definition) is 3. The molecule has 0 aromatic heterocycles. The lowest BCUT2D eigenvalue weighted by atomic mass is 9.97. The summed E-state index contributed by atoms with van der Waals surface area (Å²) in [6.07, 6.45) is -0.820. The Kier molecular flexibility index (Phi) is 5.41. The van der Waals surface area contributed by atoms with Gasteiger partial charge in [0.05, 0.1) is 26.4 Å². The molecule has 0 aliphatic carbocycles. The van der Waals surface area contributed by atoms with Gasteiger partial charge in [-0.3, -0.25) is 0 Å². The summed E-state index contributed by atoms with van der Waals surface area (Å²) in [7, 11) is 0. The molecule has 4 nitrogen and oxygen atoms in total. The van der Waals surface area contributed by atoms with Crippen molar-refractivity contribution < 1.29 is 20.1 Å². The lowest BCUT2D eigenvalue weighted by molar-refractivity contribution is -0.0296. The van der Waals surface area contributed by atoms with Crippen LogP contribution in [-0.2, 0) is 4.74 Å². The summed E-state index contributed by atoms with van der Waals surface area (Å²) in [5.41, 5.74) is -0.283. The van der Waals surface area contributed by atoms with Gasteiger partial charge in [-0.1, -0.05) is 13.8 Å². The molecule has 0 saturated carbocycles. The lowest BCUT2D eigenvalue weighted by Gasteiger charge is -2.21. The van der Waals surface area contributed by atoms with Gasteiger partial charge in [0.15, 0.2) is 0 Å². The smallest absolute Gasteiger partial charge is 0.100 e. The van der Waals surface area contributed by atoms with Crippen LogP contribution < -0.4 is 0 Å². The fourth-order valence-corrected chi connectivity index (χ4v) is 0.570. The molecule has 0 spiro atoms. The molecule has 12 heavy (non-hydrogen) atoms. The Labute approximate surface area is 72.8 Å². The van der Waals surface area contributed by atoms with Crippen molar-refractivity contribution in [3.8, 4) is 0 Å². The van der Waals surface area contributed by atoms with E-state index in [1.165, 1.54) is 0 Å². The third-order valence-corrected chi connectivity index (χ3v) is 1.44. The maximum Gasteiger partial charge on any atom is 0.100 e. The first-order chi connectivity index (χ1) is 5.52. The number of ether oxygens (including phenoxy) is 1. The van der Waals surface area contributed by atoms with Crippen molar-refractivity contribution in [1.29, 1.82) is 0 Å². The van der Waals surface area contributed by atoms with Crippen molar-refractivity contribution in [3.05, 3.63) is 0 Å². The first-order valence-corrected chi connectivity index (χ1v) is 3.99. The average Bonchev–Trinajstić information content (AvgIpc) is 2.04. The zero-order valence-corrected chi connectivity index (χ0v) is 7.66. The molecular weight excluding hydrogens is 160 g/mol. The third-order valence-electron chi connectivity index (χ3n) is 1.44. The van der Waals surface area contributed by atoms with Gasteiger partial charge in [-0.25, -0.2) is 0 Å². The Morgan fingerprint density at radius 2 is 1.92 bits per heavy atom. The van der Waals surface area contributed by atoms with E-state index in [0.717, 1.165) is 0 Å². The lowest BCUT2D eigenvalue weighted by Crippen LogP contribution is -2.27. The second kappa shape index (κ2) is 5.48. The number of aliphatic hydroxyl groups excluding tert-OH is 3. The predicted octanol–water partition coefficient (Wildman–Crippen LogP) is -0.625. The van der Waals surface area contributed by atoms with Gasteiger partial charge < -0.3 is 20.1 Å². The summed E-state index contributed by atoms with van der Waals surface area (Å²) in [5, 5.41) is 26.2. The summed E-state index contributed by atoms with van der Waals surface area (Å²) >= 11 is 0. The summed E-state index contributed by atoms with van der Waals surface area (Å²) < 4.78 is 5.07. The third kappa shape index (κ3) is 5.49. The van der Waals surface area contributed by atoms with E-state index in [1.807, 2.05) is 13.8 Å². The average molecular weight is 178 g/mol. The maximum absolute atomic E-state index is 8.89. The quantitative estimate of drug-likeness (QED) is 0.506. The normalized spacial score (nSPS) is 14.8. The standard InChI is InChI=1S/C8H18O4/c1-8(2,5-10)6-12-4-7(11)3-9/h7,9-11H,3-6H2,1-2H3. The molecule has 0 aliphatic rings. The molecule has 0 rings (SSSR count). The van der Waals surface area contributed by atoms with Crippen LogP contribution in [0.2, 0.25) is 0 Å². The van der Waals surface area contributed by atoms with Crippen LogP contribution in [-0.4, -0.2) is 47.9 Å². The van der Waals surface area contributed by atoms with Crippen molar-refractivity contribution in [2.75, 3.05) is 26.4 Å². The zero-order chi connectivity index (χ0) is 9.61. The van der Waals surface area contributed by atoms with E-state index >= 15 is 0 Å². The molecule has 0 aromatic carbocycles. The molecule has 1 atom stereocenters. The van der Waals surface area contributed by atoms with Gasteiger partial charge in [0.1, 0.15) is 6.10 Å². The van der Waals surface area contributed by atoms with Gasteiger partial charge in [-0.15, -0.1) is 0 Å². The highest BCUT2D eigenvalue weighted by atomic mass is 16.5. The van der Waals surface area contributed by atoms with E-state index in [-0.39, 0.29) is 25.2 Å². The van der Waals surface area contributed by atoms with Crippen LogP contribution in [0.25, 0.3) is 0 Å². The van der Waals surface area contributed by atoms with Gasteiger partial charge in [0.25, 0.3) is 0 Å². The van der Waals surface area contributed by atoms with E-state index in [9.17, 15) is 0 Å². The van der Waals surface area contributed by atoms with Crippen molar-refractivity contribution in [2.24, 2.45) is 5.41 Å². The highest BCUT2D eigenvalue weighted by Crippen LogP contribution is 2.13. The van der Waals surface area contributed by atoms with Gasteiger partial charge in [0.2, 0.25) is 0 Å². The van der Waals surface area contributed by atoms with Crippen molar-refractivity contribution in [3.63, 3.8) is 0 Å². The molecule has 1 unspecified atom stereocenters. The molecule has 0 bridgehead atoms. The fraction of sp³-hybridized carbons (Fsp3) is 1.00. The Hall–Kier alpha value is -0.160. The topological polar surface area (TPSA) is 69.9 Å². The van der Waals surface area contributed by atoms with E-state index in [4.69, 9.17) is 20.1 Å². The van der Waals surface area contributed by atoms with Gasteiger partial charge in [-0.05, 0) is 0 Å². The molecular formula is C8H18O4. The Morgan fingerprint density at radius 3 is 2.33 bits per heavy atom. The Morgan fingerprint density at radius 1 is 1.33 bits per heavy atom. The van der Waals surface area contributed by atoms with Crippen molar-refractivity contribution in [2.45, 2.75) is 20.0 Å². The van der Waals surface area contributed by atoms with Crippen LogP contribution in [0.15, 0.2) is 0 Å². The SMILES string of the molecule is CC(C)(CO)COCC(O)CO. The molecule has 0 aromatic rings. The summed E-state index contributed by atoms with van der Waals surface area (Å²) in [6.45, 7) is 3.96. The first-order valence-electron chi connectivity index (χ1n) is 3.99. The largest absolute Gasteiger partial charge is 0.396 e. The minimum Gasteiger partial charge on any atom is -0.396 e. The van der Waals surface area contributed by atoms with Gasteiger partial charge >= 0.3 is 0 Å². The highest BCUT2D eigenvalue weighted by molar-refractivity contribution is 4.65. The molecule has 0 saturated heterocycles. The maximum atomic E-state index is 8.89. The summed E-state index contributed by atoms with van der Waals surface area (Å²) in [5.74, 6) is 0. The van der Waals surface area contributed by atoms with E-state index in [0.29, 0.717) is 6.61 Å². The summed E-state index contributed by atoms with van der Waals surface area (Å²) in [6, 6.07) is 0. The Balaban J connectivity index is 3.42. The highest BCUT2D eigenvalue weighted by Gasteiger charge is 2.17. The molecule has 4 heteroatoms. The second-order valence-corrected chi connectivity index (χ2v) is 3.67. The Bertz CT molecular complexity index is 114. The van der Waals surface area contributed by atoms with E-state index < -0.39 is 6.10 Å². The molecule has 74 valence electrons. The molecule has 3 N–H and O–H groups in total. The minimum atomic E-state index is -0.820. The molecule has 0 aliphatic heterocycles. The molecule has 0 amide bonds. The second-order valence-electron chi connectivity index (χ2n) is 3.67. The first kappa shape index (κ1) is 11.8. The predicted molar refractivity (Wildman–Crippen MR) is 44.8 cm³/mol. The zero-order valence-electron chi connectivity index (χ0n) is 7.66. The van der Waals surface area contributed by atoms with Gasteiger partial charge in [-0.2, -0.15) is 0 Å². The van der Waals surface area contributed by atoms with Crippen LogP contribution in [0.5, 0.6) is 0 Å². The minimum absolute atomic E-state index is 0.0439. The molecule has 0 fully saturated rings. The monoisotopic (exact) mass is 178 g/mol. The van der Waals surface area contributed by atoms with Crippen LogP contribution >= 0.6 is 0 Å². The van der Waals surface area contributed by atoms with Gasteiger partial charge in [0, 0.05) is 5.41 Å². The van der Waals surface area contributed by atoms with Crippen molar-refractivity contribution >= 4 is 0 Å².